The van der Waals surface area contributed by atoms with E-state index in [1.165, 1.54) is 19.1 Å². The van der Waals surface area contributed by atoms with Gasteiger partial charge in [-0.25, -0.2) is 4.39 Å². The average Bonchev–Trinajstić information content (AvgIpc) is 2.56. The Kier molecular flexibility index (Phi) is 6.49. The molecule has 24 heavy (non-hydrogen) atoms. The lowest BCUT2D eigenvalue weighted by molar-refractivity contribution is -0.122. The van der Waals surface area contributed by atoms with Crippen molar-refractivity contribution < 1.29 is 14.0 Å². The maximum absolute atomic E-state index is 12.8. The molecule has 0 aliphatic rings. The van der Waals surface area contributed by atoms with Crippen LogP contribution in [0.25, 0.3) is 0 Å². The summed E-state index contributed by atoms with van der Waals surface area (Å²) >= 11 is 0. The Labute approximate surface area is 141 Å². The second kappa shape index (κ2) is 8.82. The van der Waals surface area contributed by atoms with Crippen LogP contribution in [0.15, 0.2) is 54.6 Å². The SMILES string of the molecule is CC(=O)N[C@H](CC(=O)NCCc1ccc(F)cc1)c1ccccc1. The maximum atomic E-state index is 12.8. The van der Waals surface area contributed by atoms with Gasteiger partial charge in [-0.2, -0.15) is 0 Å². The summed E-state index contributed by atoms with van der Waals surface area (Å²) in [6.07, 6.45) is 0.801. The van der Waals surface area contributed by atoms with Gasteiger partial charge in [0.25, 0.3) is 0 Å². The maximum Gasteiger partial charge on any atom is 0.222 e. The molecule has 4 nitrogen and oxygen atoms in total. The number of carbonyl (C=O) groups excluding carboxylic acids is 2. The van der Waals surface area contributed by atoms with Crippen molar-refractivity contribution >= 4 is 11.8 Å². The molecular formula is C19H21FN2O2. The fourth-order valence-corrected chi connectivity index (χ4v) is 2.44. The van der Waals surface area contributed by atoms with Crippen LogP contribution in [-0.2, 0) is 16.0 Å². The number of amides is 2. The second-order valence-corrected chi connectivity index (χ2v) is 5.59. The Bertz CT molecular complexity index is 672. The molecule has 1 atom stereocenters. The van der Waals surface area contributed by atoms with Gasteiger partial charge in [-0.05, 0) is 29.7 Å². The van der Waals surface area contributed by atoms with Crippen molar-refractivity contribution in [2.75, 3.05) is 6.54 Å². The Morgan fingerprint density at radius 2 is 1.71 bits per heavy atom. The first-order valence-corrected chi connectivity index (χ1v) is 7.88. The average molecular weight is 328 g/mol. The van der Waals surface area contributed by atoms with Crippen LogP contribution in [0.3, 0.4) is 0 Å². The van der Waals surface area contributed by atoms with Crippen LogP contribution in [0.4, 0.5) is 4.39 Å². The lowest BCUT2D eigenvalue weighted by Crippen LogP contribution is -2.33. The van der Waals surface area contributed by atoms with E-state index in [1.54, 1.807) is 12.1 Å². The second-order valence-electron chi connectivity index (χ2n) is 5.59. The molecule has 2 amide bonds. The van der Waals surface area contributed by atoms with Gasteiger partial charge in [0.2, 0.25) is 11.8 Å². The quantitative estimate of drug-likeness (QED) is 0.821. The molecule has 0 aliphatic heterocycles. The van der Waals surface area contributed by atoms with Gasteiger partial charge in [0.15, 0.2) is 0 Å². The standard InChI is InChI=1S/C19H21FN2O2/c1-14(23)22-18(16-5-3-2-4-6-16)13-19(24)21-12-11-15-7-9-17(20)10-8-15/h2-10,18H,11-13H2,1H3,(H,21,24)(H,22,23)/t18-/m1/s1. The van der Waals surface area contributed by atoms with Gasteiger partial charge in [0.05, 0.1) is 12.5 Å². The third-order valence-electron chi connectivity index (χ3n) is 3.62. The molecule has 2 aromatic carbocycles. The molecule has 0 saturated heterocycles. The van der Waals surface area contributed by atoms with Crippen molar-refractivity contribution in [3.63, 3.8) is 0 Å². The zero-order valence-corrected chi connectivity index (χ0v) is 13.6. The molecule has 126 valence electrons. The number of hydrogen-bond acceptors (Lipinski definition) is 2. The summed E-state index contributed by atoms with van der Waals surface area (Å²) in [5.41, 5.74) is 1.85. The van der Waals surface area contributed by atoms with Crippen molar-refractivity contribution in [1.29, 1.82) is 0 Å². The molecular weight excluding hydrogens is 307 g/mol. The van der Waals surface area contributed by atoms with E-state index < -0.39 is 0 Å². The molecule has 2 rings (SSSR count). The van der Waals surface area contributed by atoms with Crippen LogP contribution < -0.4 is 10.6 Å². The molecule has 0 saturated carbocycles. The number of carbonyl (C=O) groups is 2. The highest BCUT2D eigenvalue weighted by Crippen LogP contribution is 2.16. The number of halogens is 1. The van der Waals surface area contributed by atoms with Gasteiger partial charge in [-0.15, -0.1) is 0 Å². The highest BCUT2D eigenvalue weighted by Gasteiger charge is 2.16. The summed E-state index contributed by atoms with van der Waals surface area (Å²) < 4.78 is 12.8. The fourth-order valence-electron chi connectivity index (χ4n) is 2.44. The van der Waals surface area contributed by atoms with Crippen molar-refractivity contribution in [1.82, 2.24) is 10.6 Å². The van der Waals surface area contributed by atoms with Crippen LogP contribution >= 0.6 is 0 Å². The molecule has 5 heteroatoms. The Hall–Kier alpha value is -2.69. The minimum absolute atomic E-state index is 0.139. The van der Waals surface area contributed by atoms with Crippen molar-refractivity contribution in [3.8, 4) is 0 Å². The predicted octanol–water partition coefficient (Wildman–Crippen LogP) is 2.75. The molecule has 0 bridgehead atoms. The molecule has 2 N–H and O–H groups in total. The van der Waals surface area contributed by atoms with Crippen LogP contribution in [0.2, 0.25) is 0 Å². The fraction of sp³-hybridized carbons (Fsp3) is 0.263. The van der Waals surface area contributed by atoms with E-state index in [-0.39, 0.29) is 30.1 Å². The lowest BCUT2D eigenvalue weighted by atomic mass is 10.0. The van der Waals surface area contributed by atoms with E-state index in [1.807, 2.05) is 30.3 Å². The smallest absolute Gasteiger partial charge is 0.222 e. The monoisotopic (exact) mass is 328 g/mol. The molecule has 0 spiro atoms. The first-order valence-electron chi connectivity index (χ1n) is 7.88. The number of nitrogens with one attached hydrogen (secondary N) is 2. The van der Waals surface area contributed by atoms with Crippen LogP contribution in [0, 0.1) is 5.82 Å². The van der Waals surface area contributed by atoms with E-state index in [0.717, 1.165) is 11.1 Å². The number of rotatable bonds is 7. The Morgan fingerprint density at radius 1 is 1.04 bits per heavy atom. The zero-order valence-electron chi connectivity index (χ0n) is 13.6. The number of hydrogen-bond donors (Lipinski definition) is 2. The molecule has 0 aliphatic carbocycles. The van der Waals surface area contributed by atoms with Gasteiger partial charge in [0, 0.05) is 13.5 Å². The minimum atomic E-state index is -0.352. The Morgan fingerprint density at radius 3 is 2.33 bits per heavy atom. The predicted molar refractivity (Wildman–Crippen MR) is 90.7 cm³/mol. The summed E-state index contributed by atoms with van der Waals surface area (Å²) in [6.45, 7) is 1.90. The van der Waals surface area contributed by atoms with E-state index in [2.05, 4.69) is 10.6 Å². The van der Waals surface area contributed by atoms with Crippen LogP contribution in [0.5, 0.6) is 0 Å². The zero-order chi connectivity index (χ0) is 17.4. The molecule has 2 aromatic rings. The summed E-state index contributed by atoms with van der Waals surface area (Å²) in [4.78, 5) is 23.5. The first-order chi connectivity index (χ1) is 11.5. The number of benzene rings is 2. The van der Waals surface area contributed by atoms with Crippen molar-refractivity contribution in [2.45, 2.75) is 25.8 Å². The van der Waals surface area contributed by atoms with E-state index in [4.69, 9.17) is 0 Å². The minimum Gasteiger partial charge on any atom is -0.356 e. The topological polar surface area (TPSA) is 58.2 Å². The Balaban J connectivity index is 1.86. The summed E-state index contributed by atoms with van der Waals surface area (Å²) in [5.74, 6) is -0.591. The molecule has 0 unspecified atom stereocenters. The molecule has 0 aromatic heterocycles. The highest BCUT2D eigenvalue weighted by molar-refractivity contribution is 5.79. The third-order valence-corrected chi connectivity index (χ3v) is 3.62. The molecule has 0 heterocycles. The molecule has 0 radical (unpaired) electrons. The van der Waals surface area contributed by atoms with Gasteiger partial charge < -0.3 is 10.6 Å². The normalized spacial score (nSPS) is 11.6. The first kappa shape index (κ1) is 17.7. The van der Waals surface area contributed by atoms with Gasteiger partial charge in [0.1, 0.15) is 5.82 Å². The van der Waals surface area contributed by atoms with Crippen LogP contribution in [0.1, 0.15) is 30.5 Å². The molecule has 0 fully saturated rings. The van der Waals surface area contributed by atoms with Crippen molar-refractivity contribution in [2.24, 2.45) is 0 Å². The van der Waals surface area contributed by atoms with Crippen molar-refractivity contribution in [3.05, 3.63) is 71.5 Å². The van der Waals surface area contributed by atoms with Gasteiger partial charge in [-0.3, -0.25) is 9.59 Å². The van der Waals surface area contributed by atoms with Crippen LogP contribution in [-0.4, -0.2) is 18.4 Å². The van der Waals surface area contributed by atoms with Gasteiger partial charge >= 0.3 is 0 Å². The highest BCUT2D eigenvalue weighted by atomic mass is 19.1. The van der Waals surface area contributed by atoms with E-state index in [9.17, 15) is 14.0 Å². The summed E-state index contributed by atoms with van der Waals surface area (Å²) in [7, 11) is 0. The largest absolute Gasteiger partial charge is 0.356 e. The lowest BCUT2D eigenvalue weighted by Gasteiger charge is -2.18. The third kappa shape index (κ3) is 5.83. The summed E-state index contributed by atoms with van der Waals surface area (Å²) in [5, 5.41) is 5.64. The summed E-state index contributed by atoms with van der Waals surface area (Å²) in [6, 6.07) is 15.2. The van der Waals surface area contributed by atoms with E-state index in [0.29, 0.717) is 13.0 Å². The van der Waals surface area contributed by atoms with Gasteiger partial charge in [-0.1, -0.05) is 42.5 Å². The van der Waals surface area contributed by atoms with E-state index >= 15 is 0 Å².